The van der Waals surface area contributed by atoms with Gasteiger partial charge in [-0.1, -0.05) is 12.1 Å². The van der Waals surface area contributed by atoms with Crippen LogP contribution in [0.25, 0.3) is 11.3 Å². The van der Waals surface area contributed by atoms with Gasteiger partial charge in [0, 0.05) is 18.2 Å². The van der Waals surface area contributed by atoms with E-state index in [0.717, 1.165) is 5.56 Å². The first-order chi connectivity index (χ1) is 7.18. The molecule has 0 aliphatic carbocycles. The number of para-hydroxylation sites is 1. The van der Waals surface area contributed by atoms with Crippen LogP contribution in [0.15, 0.2) is 40.8 Å². The molecule has 15 heavy (non-hydrogen) atoms. The highest BCUT2D eigenvalue weighted by Gasteiger charge is 2.09. The standard InChI is InChI=1S/C12H11NO2/c1-8(14)11-6-7-12(15-11)9-4-2-3-5-10(9)13/h2-7H,13H2,1H3. The van der Waals surface area contributed by atoms with Crippen LogP contribution >= 0.6 is 0 Å². The number of benzene rings is 1. The maximum absolute atomic E-state index is 11.0. The first-order valence-electron chi connectivity index (χ1n) is 4.64. The van der Waals surface area contributed by atoms with Crippen LogP contribution < -0.4 is 5.73 Å². The second-order valence-electron chi connectivity index (χ2n) is 3.31. The van der Waals surface area contributed by atoms with E-state index in [4.69, 9.17) is 10.2 Å². The van der Waals surface area contributed by atoms with Gasteiger partial charge >= 0.3 is 0 Å². The number of hydrogen-bond acceptors (Lipinski definition) is 3. The van der Waals surface area contributed by atoms with E-state index in [1.54, 1.807) is 18.2 Å². The summed E-state index contributed by atoms with van der Waals surface area (Å²) in [5.74, 6) is 0.891. The van der Waals surface area contributed by atoms with E-state index in [1.807, 2.05) is 18.2 Å². The van der Waals surface area contributed by atoms with Gasteiger partial charge < -0.3 is 10.2 Å². The van der Waals surface area contributed by atoms with Crippen LogP contribution in [0.1, 0.15) is 17.5 Å². The lowest BCUT2D eigenvalue weighted by atomic mass is 10.1. The molecule has 1 aromatic heterocycles. The molecule has 0 radical (unpaired) electrons. The second-order valence-corrected chi connectivity index (χ2v) is 3.31. The molecule has 3 heteroatoms. The third kappa shape index (κ3) is 1.76. The monoisotopic (exact) mass is 201 g/mol. The molecule has 2 N–H and O–H groups in total. The average molecular weight is 201 g/mol. The van der Waals surface area contributed by atoms with Crippen molar-refractivity contribution in [1.82, 2.24) is 0 Å². The maximum atomic E-state index is 11.0. The zero-order valence-electron chi connectivity index (χ0n) is 8.36. The first-order valence-corrected chi connectivity index (χ1v) is 4.64. The number of nitrogens with two attached hydrogens (primary N) is 1. The van der Waals surface area contributed by atoms with Crippen molar-refractivity contribution in [2.75, 3.05) is 5.73 Å². The smallest absolute Gasteiger partial charge is 0.194 e. The molecule has 0 atom stereocenters. The molecule has 1 heterocycles. The van der Waals surface area contributed by atoms with E-state index in [2.05, 4.69) is 0 Å². The number of anilines is 1. The second kappa shape index (κ2) is 3.61. The molecular formula is C12H11NO2. The molecule has 0 bridgehead atoms. The van der Waals surface area contributed by atoms with Crippen molar-refractivity contribution in [3.8, 4) is 11.3 Å². The molecule has 0 amide bonds. The summed E-state index contributed by atoms with van der Waals surface area (Å²) in [5.41, 5.74) is 7.24. The maximum Gasteiger partial charge on any atom is 0.194 e. The molecule has 0 fully saturated rings. The highest BCUT2D eigenvalue weighted by atomic mass is 16.3. The summed E-state index contributed by atoms with van der Waals surface area (Å²) in [6.45, 7) is 1.47. The molecule has 2 aromatic rings. The molecule has 1 aromatic carbocycles. The number of carbonyl (C=O) groups excluding carboxylic acids is 1. The van der Waals surface area contributed by atoms with Crippen LogP contribution in [0.2, 0.25) is 0 Å². The minimum atomic E-state index is -0.0873. The van der Waals surface area contributed by atoms with Gasteiger partial charge in [0.25, 0.3) is 0 Å². The van der Waals surface area contributed by atoms with Crippen molar-refractivity contribution in [1.29, 1.82) is 0 Å². The minimum Gasteiger partial charge on any atom is -0.453 e. The van der Waals surface area contributed by atoms with Crippen LogP contribution in [-0.4, -0.2) is 5.78 Å². The topological polar surface area (TPSA) is 56.2 Å². The third-order valence-electron chi connectivity index (χ3n) is 2.18. The highest BCUT2D eigenvalue weighted by molar-refractivity contribution is 5.92. The molecule has 0 saturated heterocycles. The molecule has 3 nitrogen and oxygen atoms in total. The number of furan rings is 1. The van der Waals surface area contributed by atoms with Crippen LogP contribution in [0.3, 0.4) is 0 Å². The summed E-state index contributed by atoms with van der Waals surface area (Å²) in [7, 11) is 0. The lowest BCUT2D eigenvalue weighted by Crippen LogP contribution is -1.88. The quantitative estimate of drug-likeness (QED) is 0.600. The lowest BCUT2D eigenvalue weighted by Gasteiger charge is -2.00. The van der Waals surface area contributed by atoms with Crippen LogP contribution in [0, 0.1) is 0 Å². The Morgan fingerprint density at radius 3 is 2.53 bits per heavy atom. The van der Waals surface area contributed by atoms with Crippen LogP contribution in [0.4, 0.5) is 5.69 Å². The Balaban J connectivity index is 2.46. The summed E-state index contributed by atoms with van der Waals surface area (Å²) in [6, 6.07) is 10.8. The van der Waals surface area contributed by atoms with E-state index >= 15 is 0 Å². The van der Waals surface area contributed by atoms with E-state index in [0.29, 0.717) is 17.2 Å². The number of hydrogen-bond donors (Lipinski definition) is 1. The highest BCUT2D eigenvalue weighted by Crippen LogP contribution is 2.27. The summed E-state index contributed by atoms with van der Waals surface area (Å²) in [5, 5.41) is 0. The summed E-state index contributed by atoms with van der Waals surface area (Å²) < 4.78 is 5.38. The van der Waals surface area contributed by atoms with Gasteiger partial charge in [0.05, 0.1) is 0 Å². The Hall–Kier alpha value is -2.03. The predicted molar refractivity (Wildman–Crippen MR) is 58.6 cm³/mol. The molecule has 0 spiro atoms. The van der Waals surface area contributed by atoms with Crippen molar-refractivity contribution >= 4 is 11.5 Å². The molecular weight excluding hydrogens is 190 g/mol. The van der Waals surface area contributed by atoms with Crippen molar-refractivity contribution in [3.05, 3.63) is 42.2 Å². The minimum absolute atomic E-state index is 0.0873. The predicted octanol–water partition coefficient (Wildman–Crippen LogP) is 2.73. The molecule has 0 aliphatic heterocycles. The Labute approximate surface area is 87.5 Å². The van der Waals surface area contributed by atoms with E-state index in [-0.39, 0.29) is 5.78 Å². The molecule has 0 saturated carbocycles. The molecule has 0 aliphatic rings. The van der Waals surface area contributed by atoms with Gasteiger partial charge in [0.1, 0.15) is 5.76 Å². The SMILES string of the molecule is CC(=O)c1ccc(-c2ccccc2N)o1. The Bertz CT molecular complexity index is 500. The molecule has 2 rings (SSSR count). The Morgan fingerprint density at radius 2 is 1.93 bits per heavy atom. The molecule has 76 valence electrons. The van der Waals surface area contributed by atoms with Gasteiger partial charge in [-0.3, -0.25) is 4.79 Å². The van der Waals surface area contributed by atoms with Crippen molar-refractivity contribution < 1.29 is 9.21 Å². The zero-order valence-corrected chi connectivity index (χ0v) is 8.36. The number of ketones is 1. The fourth-order valence-corrected chi connectivity index (χ4v) is 1.39. The van der Waals surface area contributed by atoms with Crippen molar-refractivity contribution in [2.45, 2.75) is 6.92 Å². The summed E-state index contributed by atoms with van der Waals surface area (Å²) >= 11 is 0. The average Bonchev–Trinajstić information content (AvgIpc) is 2.67. The number of carbonyl (C=O) groups is 1. The fraction of sp³-hybridized carbons (Fsp3) is 0.0833. The van der Waals surface area contributed by atoms with Crippen molar-refractivity contribution in [3.63, 3.8) is 0 Å². The van der Waals surface area contributed by atoms with Gasteiger partial charge in [-0.25, -0.2) is 0 Å². The van der Waals surface area contributed by atoms with Crippen LogP contribution in [0.5, 0.6) is 0 Å². The summed E-state index contributed by atoms with van der Waals surface area (Å²) in [4.78, 5) is 11.0. The van der Waals surface area contributed by atoms with Gasteiger partial charge in [0.2, 0.25) is 0 Å². The summed E-state index contributed by atoms with van der Waals surface area (Å²) in [6.07, 6.45) is 0. The third-order valence-corrected chi connectivity index (χ3v) is 2.18. The van der Waals surface area contributed by atoms with Gasteiger partial charge in [0.15, 0.2) is 11.5 Å². The van der Waals surface area contributed by atoms with Gasteiger partial charge in [-0.05, 0) is 24.3 Å². The zero-order chi connectivity index (χ0) is 10.8. The van der Waals surface area contributed by atoms with E-state index in [1.165, 1.54) is 6.92 Å². The Morgan fingerprint density at radius 1 is 1.20 bits per heavy atom. The number of nitrogen functional groups attached to an aromatic ring is 1. The lowest BCUT2D eigenvalue weighted by molar-refractivity contribution is 0.0988. The fourth-order valence-electron chi connectivity index (χ4n) is 1.39. The van der Waals surface area contributed by atoms with E-state index < -0.39 is 0 Å². The normalized spacial score (nSPS) is 10.2. The van der Waals surface area contributed by atoms with E-state index in [9.17, 15) is 4.79 Å². The van der Waals surface area contributed by atoms with Crippen LogP contribution in [-0.2, 0) is 0 Å². The van der Waals surface area contributed by atoms with Gasteiger partial charge in [-0.15, -0.1) is 0 Å². The molecule has 0 unspecified atom stereocenters. The number of rotatable bonds is 2. The largest absolute Gasteiger partial charge is 0.453 e. The number of Topliss-reactive ketones (excluding diaryl/α,β-unsaturated/α-hetero) is 1. The Kier molecular flexibility index (Phi) is 2.29. The van der Waals surface area contributed by atoms with Gasteiger partial charge in [-0.2, -0.15) is 0 Å². The first kappa shape index (κ1) is 9.52. The van der Waals surface area contributed by atoms with Crippen molar-refractivity contribution in [2.24, 2.45) is 0 Å².